The molecule has 11 heavy (non-hydrogen) atoms. The minimum atomic E-state index is 0.656. The van der Waals surface area contributed by atoms with E-state index in [1.807, 2.05) is 12.1 Å². The average Bonchev–Trinajstić information content (AvgIpc) is 1.95. The monoisotopic (exact) mass is 204 g/mol. The Morgan fingerprint density at radius 3 is 2.64 bits per heavy atom. The van der Waals surface area contributed by atoms with E-state index in [9.17, 15) is 0 Å². The molecule has 0 saturated carbocycles. The number of thiocarbonyl (C=S) groups is 1. The molecule has 0 bridgehead atoms. The summed E-state index contributed by atoms with van der Waals surface area (Å²) in [5.41, 5.74) is 1.02. The third-order valence-corrected chi connectivity index (χ3v) is 2.07. The summed E-state index contributed by atoms with van der Waals surface area (Å²) in [6.45, 7) is 0. The number of hydrogen-bond donors (Lipinski definition) is 0. The maximum absolute atomic E-state index is 5.86. The maximum atomic E-state index is 5.86. The molecule has 0 atom stereocenters. The second-order valence-electron chi connectivity index (χ2n) is 2.11. The molecule has 0 aliphatic heterocycles. The van der Waals surface area contributed by atoms with Crippen LogP contribution in [0.3, 0.4) is 0 Å². The van der Waals surface area contributed by atoms with E-state index in [0.29, 0.717) is 16.5 Å². The molecule has 0 amide bonds. The molecule has 0 fully saturated rings. The first-order valence-corrected chi connectivity index (χ1v) is 4.34. The van der Waals surface area contributed by atoms with Gasteiger partial charge in [0.2, 0.25) is 0 Å². The lowest BCUT2D eigenvalue weighted by Crippen LogP contribution is -1.84. The molecule has 0 saturated heterocycles. The molecule has 1 rings (SSSR count). The van der Waals surface area contributed by atoms with Crippen molar-refractivity contribution in [2.45, 2.75) is 6.42 Å². The Labute approximate surface area is 81.1 Å². The summed E-state index contributed by atoms with van der Waals surface area (Å²) in [6, 6.07) is 5.41. The van der Waals surface area contributed by atoms with Crippen molar-refractivity contribution >= 4 is 40.8 Å². The highest BCUT2D eigenvalue weighted by molar-refractivity contribution is 7.78. The van der Waals surface area contributed by atoms with Crippen LogP contribution < -0.4 is 0 Å². The Bertz CT molecular complexity index is 271. The first kappa shape index (κ1) is 8.98. The summed E-state index contributed by atoms with van der Waals surface area (Å²) >= 11 is 16.3. The smallest absolute Gasteiger partial charge is 0.0456 e. The molecule has 0 aliphatic rings. The van der Waals surface area contributed by atoms with Crippen molar-refractivity contribution in [2.24, 2.45) is 0 Å². The van der Waals surface area contributed by atoms with Gasteiger partial charge in [-0.05, 0) is 23.1 Å². The van der Waals surface area contributed by atoms with Gasteiger partial charge in [0.1, 0.15) is 0 Å². The molecule has 0 heterocycles. The molecule has 0 spiro atoms. The van der Waals surface area contributed by atoms with Crippen molar-refractivity contribution in [2.75, 3.05) is 0 Å². The molecule has 1 aromatic carbocycles. The molecular weight excluding hydrogens is 199 g/mol. The van der Waals surface area contributed by atoms with Gasteiger partial charge >= 0.3 is 0 Å². The molecule has 0 aliphatic carbocycles. The second kappa shape index (κ2) is 4.05. The van der Waals surface area contributed by atoms with E-state index in [1.165, 1.54) is 0 Å². The summed E-state index contributed by atoms with van der Waals surface area (Å²) in [5, 5.41) is 2.98. The Kier molecular flexibility index (Phi) is 3.31. The zero-order chi connectivity index (χ0) is 8.27. The molecule has 3 heteroatoms. The van der Waals surface area contributed by atoms with Crippen LogP contribution in [0.25, 0.3) is 0 Å². The zero-order valence-electron chi connectivity index (χ0n) is 5.68. The van der Waals surface area contributed by atoms with Crippen LogP contribution in [0.5, 0.6) is 0 Å². The van der Waals surface area contributed by atoms with Crippen molar-refractivity contribution < 1.29 is 0 Å². The maximum Gasteiger partial charge on any atom is 0.0456 e. The Morgan fingerprint density at radius 1 is 1.36 bits per heavy atom. The lowest BCUT2D eigenvalue weighted by atomic mass is 10.2. The van der Waals surface area contributed by atoms with Crippen LogP contribution in [0.15, 0.2) is 18.2 Å². The van der Waals surface area contributed by atoms with Gasteiger partial charge in [-0.3, -0.25) is 0 Å². The van der Waals surface area contributed by atoms with E-state index in [1.54, 1.807) is 11.4 Å². The summed E-state index contributed by atoms with van der Waals surface area (Å²) in [5.74, 6) is 0. The molecule has 1 aromatic rings. The quantitative estimate of drug-likeness (QED) is 0.665. The van der Waals surface area contributed by atoms with Gasteiger partial charge in [0.25, 0.3) is 0 Å². The SMILES string of the molecule is S=CCc1ccc(Cl)cc1Cl. The van der Waals surface area contributed by atoms with Crippen LogP contribution in [0, 0.1) is 0 Å². The fraction of sp³-hybridized carbons (Fsp3) is 0.125. The molecule has 0 aromatic heterocycles. The first-order chi connectivity index (χ1) is 5.24. The van der Waals surface area contributed by atoms with Crippen molar-refractivity contribution in [3.8, 4) is 0 Å². The van der Waals surface area contributed by atoms with Crippen LogP contribution in [-0.4, -0.2) is 5.37 Å². The number of halogens is 2. The fourth-order valence-electron chi connectivity index (χ4n) is 0.777. The predicted octanol–water partition coefficient (Wildman–Crippen LogP) is 3.54. The van der Waals surface area contributed by atoms with E-state index in [-0.39, 0.29) is 0 Å². The van der Waals surface area contributed by atoms with Crippen molar-refractivity contribution in [1.82, 2.24) is 0 Å². The van der Waals surface area contributed by atoms with E-state index in [4.69, 9.17) is 35.4 Å². The minimum absolute atomic E-state index is 0.656. The summed E-state index contributed by atoms with van der Waals surface area (Å²) in [6.07, 6.45) is 0.714. The first-order valence-electron chi connectivity index (χ1n) is 3.11. The van der Waals surface area contributed by atoms with E-state index < -0.39 is 0 Å². The lowest BCUT2D eigenvalue weighted by Gasteiger charge is -1.99. The summed E-state index contributed by atoms with van der Waals surface area (Å²) < 4.78 is 0. The van der Waals surface area contributed by atoms with Gasteiger partial charge in [-0.25, -0.2) is 0 Å². The van der Waals surface area contributed by atoms with Crippen LogP contribution in [0.2, 0.25) is 10.0 Å². The number of rotatable bonds is 2. The zero-order valence-corrected chi connectivity index (χ0v) is 8.01. The van der Waals surface area contributed by atoms with Gasteiger partial charge in [0.15, 0.2) is 0 Å². The Hall–Kier alpha value is -0.110. The van der Waals surface area contributed by atoms with Crippen LogP contribution in [0.1, 0.15) is 5.56 Å². The number of benzene rings is 1. The molecule has 0 unspecified atom stereocenters. The van der Waals surface area contributed by atoms with Gasteiger partial charge in [-0.1, -0.05) is 41.5 Å². The topological polar surface area (TPSA) is 0 Å². The van der Waals surface area contributed by atoms with E-state index in [2.05, 4.69) is 0 Å². The largest absolute Gasteiger partial charge is 0.0931 e. The van der Waals surface area contributed by atoms with Gasteiger partial charge in [0, 0.05) is 16.5 Å². The minimum Gasteiger partial charge on any atom is -0.0931 e. The predicted molar refractivity (Wildman–Crippen MR) is 53.8 cm³/mol. The molecule has 58 valence electrons. The molecule has 0 radical (unpaired) electrons. The third-order valence-electron chi connectivity index (χ3n) is 1.32. The molecule has 0 nitrogen and oxygen atoms in total. The Morgan fingerprint density at radius 2 is 2.09 bits per heavy atom. The highest BCUT2D eigenvalue weighted by atomic mass is 35.5. The average molecular weight is 205 g/mol. The summed E-state index contributed by atoms with van der Waals surface area (Å²) in [4.78, 5) is 0. The summed E-state index contributed by atoms with van der Waals surface area (Å²) in [7, 11) is 0. The van der Waals surface area contributed by atoms with Crippen LogP contribution in [0.4, 0.5) is 0 Å². The highest BCUT2D eigenvalue weighted by Crippen LogP contribution is 2.20. The van der Waals surface area contributed by atoms with E-state index >= 15 is 0 Å². The van der Waals surface area contributed by atoms with Gasteiger partial charge in [0.05, 0.1) is 0 Å². The third kappa shape index (κ3) is 2.44. The highest BCUT2D eigenvalue weighted by Gasteiger charge is 1.97. The Balaban J connectivity index is 2.98. The van der Waals surface area contributed by atoms with Crippen LogP contribution >= 0.6 is 35.4 Å². The molecule has 0 N–H and O–H groups in total. The molecular formula is C8H6Cl2S. The van der Waals surface area contributed by atoms with Crippen molar-refractivity contribution in [3.05, 3.63) is 33.8 Å². The van der Waals surface area contributed by atoms with Gasteiger partial charge in [-0.15, -0.1) is 0 Å². The fourth-order valence-corrected chi connectivity index (χ4v) is 1.44. The number of hydrogen-bond acceptors (Lipinski definition) is 1. The van der Waals surface area contributed by atoms with Crippen molar-refractivity contribution in [3.63, 3.8) is 0 Å². The lowest BCUT2D eigenvalue weighted by molar-refractivity contribution is 1.38. The second-order valence-corrected chi connectivity index (χ2v) is 3.28. The van der Waals surface area contributed by atoms with Gasteiger partial charge in [-0.2, -0.15) is 0 Å². The van der Waals surface area contributed by atoms with Gasteiger partial charge < -0.3 is 0 Å². The normalized spacial score (nSPS) is 9.64. The van der Waals surface area contributed by atoms with E-state index in [0.717, 1.165) is 5.56 Å². The standard InChI is InChI=1S/C8H6Cl2S/c9-7-2-1-6(3-4-11)8(10)5-7/h1-2,4-5H,3H2. The van der Waals surface area contributed by atoms with Crippen LogP contribution in [-0.2, 0) is 6.42 Å². The van der Waals surface area contributed by atoms with Crippen molar-refractivity contribution in [1.29, 1.82) is 0 Å².